The van der Waals surface area contributed by atoms with Gasteiger partial charge in [0.25, 0.3) is 0 Å². The predicted octanol–water partition coefficient (Wildman–Crippen LogP) is 9.24. The summed E-state index contributed by atoms with van der Waals surface area (Å²) in [6, 6.07) is 6.84. The molecule has 0 radical (unpaired) electrons. The summed E-state index contributed by atoms with van der Waals surface area (Å²) >= 11 is 0. The molecule has 5 aliphatic rings. The highest BCUT2D eigenvalue weighted by Crippen LogP contribution is 2.66. The number of rotatable bonds is 7. The van der Waals surface area contributed by atoms with Crippen molar-refractivity contribution in [3.05, 3.63) is 46.5 Å². The van der Waals surface area contributed by atoms with Crippen molar-refractivity contribution < 1.29 is 27.1 Å². The number of ketones is 1. The van der Waals surface area contributed by atoms with E-state index in [1.165, 1.54) is 11.1 Å². The highest BCUT2D eigenvalue weighted by atomic mass is 32.2. The molecule has 1 N–H and O–H groups in total. The number of alkyl halides is 2. The second kappa shape index (κ2) is 11.8. The van der Waals surface area contributed by atoms with Crippen molar-refractivity contribution >= 4 is 29.3 Å². The summed E-state index contributed by atoms with van der Waals surface area (Å²) in [5.41, 5.74) is 5.74. The van der Waals surface area contributed by atoms with Crippen LogP contribution in [0.3, 0.4) is 0 Å². The van der Waals surface area contributed by atoms with Crippen LogP contribution >= 0.6 is 0 Å². The van der Waals surface area contributed by atoms with E-state index in [0.717, 1.165) is 17.6 Å². The largest absolute Gasteiger partial charge is 0.382 e. The minimum absolute atomic E-state index is 0.0388. The first-order valence-electron chi connectivity index (χ1n) is 17.9. The lowest BCUT2D eigenvalue weighted by Crippen LogP contribution is -2.59. The molecule has 1 aromatic rings. The fourth-order valence-corrected chi connectivity index (χ4v) is 17.5. The number of allylic oxidation sites excluding steroid dienone is 4. The Kier molecular flexibility index (Phi) is 8.70. The molecule has 8 heteroatoms. The predicted molar refractivity (Wildman–Crippen MR) is 186 cm³/mol. The van der Waals surface area contributed by atoms with Crippen molar-refractivity contribution in [2.24, 2.45) is 17.3 Å². The highest BCUT2D eigenvalue weighted by molar-refractivity contribution is 7.92. The van der Waals surface area contributed by atoms with E-state index in [1.54, 1.807) is 24.3 Å². The van der Waals surface area contributed by atoms with E-state index in [4.69, 9.17) is 0 Å². The van der Waals surface area contributed by atoms with E-state index >= 15 is 8.78 Å². The smallest absolute Gasteiger partial charge is 0.336 e. The van der Waals surface area contributed by atoms with Crippen LogP contribution in [-0.2, 0) is 14.6 Å². The number of halogens is 2. The van der Waals surface area contributed by atoms with E-state index in [9.17, 15) is 18.3 Å². The van der Waals surface area contributed by atoms with Crippen molar-refractivity contribution in [2.45, 2.75) is 151 Å². The van der Waals surface area contributed by atoms with Crippen LogP contribution in [0, 0.1) is 28.7 Å². The summed E-state index contributed by atoms with van der Waals surface area (Å²) in [6.45, 7) is 14.6. The molecule has 0 bridgehead atoms. The van der Waals surface area contributed by atoms with E-state index in [2.05, 4.69) is 53.0 Å². The Labute approximate surface area is 281 Å². The molecule has 3 fully saturated rings. The number of carbonyl (C=O) groups excluding carboxylic acids is 1. The molecule has 1 aromatic carbocycles. The van der Waals surface area contributed by atoms with Gasteiger partial charge in [0.1, 0.15) is 13.7 Å². The molecule has 0 saturated heterocycles. The number of benzene rings is 1. The number of hydrogen-bond acceptors (Lipinski definition) is 4. The van der Waals surface area contributed by atoms with Gasteiger partial charge in [-0.2, -0.15) is 8.78 Å². The molecule has 5 aliphatic carbocycles. The van der Waals surface area contributed by atoms with Gasteiger partial charge >= 0.3 is 5.92 Å². The maximum Gasteiger partial charge on any atom is 0.336 e. The third-order valence-electron chi connectivity index (χ3n) is 13.3. The molecule has 256 valence electrons. The lowest BCUT2D eigenvalue weighted by atomic mass is 9.54. The van der Waals surface area contributed by atoms with Crippen LogP contribution in [0.25, 0.3) is 5.57 Å². The molecular weight excluding hydrogens is 631 g/mol. The molecular formula is C39H52F2O4SSi. The molecule has 3 saturated carbocycles. The van der Waals surface area contributed by atoms with Gasteiger partial charge in [0, 0.05) is 17.4 Å². The zero-order valence-corrected chi connectivity index (χ0v) is 31.0. The zero-order chi connectivity index (χ0) is 34.3. The summed E-state index contributed by atoms with van der Waals surface area (Å²) in [5.74, 6) is -0.921. The summed E-state index contributed by atoms with van der Waals surface area (Å²) in [5, 5.41) is 11.8. The molecule has 0 amide bonds. The number of aliphatic hydroxyl groups is 1. The Bertz CT molecular complexity index is 1670. The lowest BCUT2D eigenvalue weighted by molar-refractivity contribution is -0.207. The van der Waals surface area contributed by atoms with Gasteiger partial charge in [-0.15, -0.1) is 5.54 Å². The average Bonchev–Trinajstić information content (AvgIpc) is 3.82. The fraction of sp³-hybridized carbons (Fsp3) is 0.667. The van der Waals surface area contributed by atoms with Crippen LogP contribution in [0.15, 0.2) is 45.9 Å². The van der Waals surface area contributed by atoms with E-state index in [1.807, 2.05) is 6.92 Å². The molecule has 6 rings (SSSR count). The number of carbonyl (C=O) groups is 1. The Morgan fingerprint density at radius 3 is 2.06 bits per heavy atom. The summed E-state index contributed by atoms with van der Waals surface area (Å²) in [6.07, 6.45) is 5.56. The van der Waals surface area contributed by atoms with E-state index in [-0.39, 0.29) is 45.9 Å². The Morgan fingerprint density at radius 2 is 1.49 bits per heavy atom. The normalized spacial score (nSPS) is 30.0. The van der Waals surface area contributed by atoms with Gasteiger partial charge < -0.3 is 5.11 Å². The number of Topliss-reactive ketones (excluding diaryl/α,β-unsaturated/α-hetero) is 1. The molecule has 4 nitrogen and oxygen atoms in total. The van der Waals surface area contributed by atoms with Crippen molar-refractivity contribution in [1.29, 1.82) is 0 Å². The average molecular weight is 683 g/mol. The summed E-state index contributed by atoms with van der Waals surface area (Å²) in [7, 11) is -5.73. The number of hydrogen-bond donors (Lipinski definition) is 1. The molecule has 4 atom stereocenters. The Balaban J connectivity index is 1.33. The molecule has 0 aliphatic heterocycles. The van der Waals surface area contributed by atoms with Crippen molar-refractivity contribution in [3.8, 4) is 11.5 Å². The van der Waals surface area contributed by atoms with Crippen LogP contribution in [0.4, 0.5) is 8.78 Å². The maximum absolute atomic E-state index is 16.5. The molecule has 0 heterocycles. The van der Waals surface area contributed by atoms with Gasteiger partial charge in [0.05, 0.1) is 10.1 Å². The van der Waals surface area contributed by atoms with Crippen molar-refractivity contribution in [2.75, 3.05) is 0 Å². The SMILES string of the molecule is CC(C)[Si](C#CC(F)(F)[C@]1(O)CC[C@H]2[C@@H]3CCC4=C(c5ccc(S(=O)(=O)C6CC6)cc5)C(=O)CCC4=C3CC[C@@]21C)(C(C)C)C(C)C. The van der Waals surface area contributed by atoms with Crippen LogP contribution in [0.1, 0.15) is 118 Å². The Hall–Kier alpha value is -2.08. The monoisotopic (exact) mass is 682 g/mol. The van der Waals surface area contributed by atoms with Crippen molar-refractivity contribution in [3.63, 3.8) is 0 Å². The maximum atomic E-state index is 16.5. The van der Waals surface area contributed by atoms with Gasteiger partial charge in [-0.3, -0.25) is 4.79 Å². The minimum atomic E-state index is -3.51. The molecule has 0 spiro atoms. The highest BCUT2D eigenvalue weighted by Gasteiger charge is 2.70. The third kappa shape index (κ3) is 5.19. The summed E-state index contributed by atoms with van der Waals surface area (Å²) < 4.78 is 58.5. The van der Waals surface area contributed by atoms with Crippen LogP contribution in [-0.4, -0.2) is 44.2 Å². The molecule has 0 unspecified atom stereocenters. The fourth-order valence-electron chi connectivity index (χ4n) is 10.6. The topological polar surface area (TPSA) is 71.4 Å². The molecule has 0 aromatic heterocycles. The van der Waals surface area contributed by atoms with Crippen molar-refractivity contribution in [1.82, 2.24) is 0 Å². The standard InChI is InChI=1S/C39H52F2O4SSi/c1-24(2)47(25(3)4,26(5)6)23-22-39(40,41)38(43)21-19-34-32-14-15-33-30(31(32)18-20-37(34,38)7)16-17-35(42)36(33)27-8-10-28(11-9-27)46(44,45)29-12-13-29/h8-11,24-26,29,32,34,43H,12-21H2,1-7H3/t32-,34+,37+,38+/m1/s1. The first kappa shape index (κ1) is 34.8. The Morgan fingerprint density at radius 1 is 0.872 bits per heavy atom. The second-order valence-electron chi connectivity index (χ2n) is 16.3. The van der Waals surface area contributed by atoms with Gasteiger partial charge in [0.2, 0.25) is 0 Å². The van der Waals surface area contributed by atoms with E-state index in [0.29, 0.717) is 61.8 Å². The first-order chi connectivity index (χ1) is 21.9. The zero-order valence-electron chi connectivity index (χ0n) is 29.2. The van der Waals surface area contributed by atoms with Gasteiger partial charge in [-0.05, 0) is 121 Å². The lowest BCUT2D eigenvalue weighted by Gasteiger charge is -2.53. The second-order valence-corrected chi connectivity index (χ2v) is 24.1. The van der Waals surface area contributed by atoms with Gasteiger partial charge in [-0.25, -0.2) is 8.42 Å². The minimum Gasteiger partial charge on any atom is -0.382 e. The van der Waals surface area contributed by atoms with Crippen LogP contribution in [0.5, 0.6) is 0 Å². The summed E-state index contributed by atoms with van der Waals surface area (Å²) in [4.78, 5) is 13.7. The quantitative estimate of drug-likeness (QED) is 0.230. The van der Waals surface area contributed by atoms with Gasteiger partial charge in [0.15, 0.2) is 15.6 Å². The number of sulfone groups is 1. The third-order valence-corrected chi connectivity index (χ3v) is 21.9. The molecule has 47 heavy (non-hydrogen) atoms. The van der Waals surface area contributed by atoms with Crippen LogP contribution in [0.2, 0.25) is 16.6 Å². The van der Waals surface area contributed by atoms with Gasteiger partial charge in [-0.1, -0.05) is 66.2 Å². The number of fused-ring (bicyclic) bond motifs is 4. The first-order valence-corrected chi connectivity index (χ1v) is 21.7. The van der Waals surface area contributed by atoms with Crippen LogP contribution < -0.4 is 0 Å². The van der Waals surface area contributed by atoms with E-state index < -0.39 is 34.8 Å².